The minimum Gasteiger partial charge on any atom is -0.333 e. The molecule has 0 bridgehead atoms. The van der Waals surface area contributed by atoms with Crippen LogP contribution in [0, 0.1) is 5.82 Å². The van der Waals surface area contributed by atoms with Crippen LogP contribution in [0.25, 0.3) is 0 Å². The third kappa shape index (κ3) is 3.67. The van der Waals surface area contributed by atoms with Crippen molar-refractivity contribution < 1.29 is 14.0 Å². The van der Waals surface area contributed by atoms with Gasteiger partial charge in [0.25, 0.3) is 0 Å². The average Bonchev–Trinajstić information content (AvgIpc) is 2.96. The zero-order chi connectivity index (χ0) is 17.1. The van der Waals surface area contributed by atoms with Gasteiger partial charge in [0.1, 0.15) is 5.82 Å². The van der Waals surface area contributed by atoms with Crippen LogP contribution in [0.1, 0.15) is 13.3 Å². The molecule has 3 amide bonds. The van der Waals surface area contributed by atoms with E-state index in [1.807, 2.05) is 0 Å². The van der Waals surface area contributed by atoms with Gasteiger partial charge >= 0.3 is 6.03 Å². The van der Waals surface area contributed by atoms with E-state index in [9.17, 15) is 14.0 Å². The second-order valence-electron chi connectivity index (χ2n) is 6.25. The van der Waals surface area contributed by atoms with Crippen molar-refractivity contribution in [1.29, 1.82) is 0 Å². The molecule has 7 heteroatoms. The number of anilines is 1. The van der Waals surface area contributed by atoms with Gasteiger partial charge in [-0.05, 0) is 30.8 Å². The van der Waals surface area contributed by atoms with Gasteiger partial charge in [-0.25, -0.2) is 9.18 Å². The third-order valence-corrected chi connectivity index (χ3v) is 4.70. The van der Waals surface area contributed by atoms with E-state index in [0.29, 0.717) is 25.3 Å². The maximum atomic E-state index is 13.0. The van der Waals surface area contributed by atoms with Crippen molar-refractivity contribution >= 4 is 17.6 Å². The minimum absolute atomic E-state index is 0.0530. The molecule has 1 unspecified atom stereocenters. The lowest BCUT2D eigenvalue weighted by Crippen LogP contribution is -2.53. The lowest BCUT2D eigenvalue weighted by molar-refractivity contribution is -0.117. The minimum atomic E-state index is -0.332. The molecule has 2 saturated heterocycles. The number of hydrogen-bond donors (Lipinski definition) is 1. The van der Waals surface area contributed by atoms with E-state index in [2.05, 4.69) is 17.1 Å². The summed E-state index contributed by atoms with van der Waals surface area (Å²) in [4.78, 5) is 30.2. The number of nitrogens with one attached hydrogen (secondary N) is 1. The zero-order valence-electron chi connectivity index (χ0n) is 13.9. The standard InChI is InChI=1S/C17H23FN4O2/c1-2-20-7-9-21(10-8-20)17(24)19-14-11-16(23)22(12-14)15-5-3-13(18)4-6-15/h3-6,14H,2,7-12H2,1H3,(H,19,24). The molecule has 2 fully saturated rings. The Bertz CT molecular complexity index is 599. The van der Waals surface area contributed by atoms with Crippen LogP contribution in [0.3, 0.4) is 0 Å². The summed E-state index contributed by atoms with van der Waals surface area (Å²) in [6, 6.07) is 5.52. The molecule has 0 aromatic heterocycles. The van der Waals surface area contributed by atoms with E-state index in [1.54, 1.807) is 21.9 Å². The van der Waals surface area contributed by atoms with Gasteiger partial charge in [-0.3, -0.25) is 4.79 Å². The molecule has 130 valence electrons. The fourth-order valence-electron chi connectivity index (χ4n) is 3.21. The van der Waals surface area contributed by atoms with Crippen LogP contribution >= 0.6 is 0 Å². The van der Waals surface area contributed by atoms with Crippen LogP contribution < -0.4 is 10.2 Å². The Hall–Kier alpha value is -2.15. The van der Waals surface area contributed by atoms with Crippen molar-refractivity contribution in [1.82, 2.24) is 15.1 Å². The molecule has 2 heterocycles. The van der Waals surface area contributed by atoms with E-state index in [4.69, 9.17) is 0 Å². The summed E-state index contributed by atoms with van der Waals surface area (Å²) < 4.78 is 13.0. The monoisotopic (exact) mass is 334 g/mol. The molecular formula is C17H23FN4O2. The van der Waals surface area contributed by atoms with Crippen molar-refractivity contribution in [3.63, 3.8) is 0 Å². The summed E-state index contributed by atoms with van der Waals surface area (Å²) in [5, 5.41) is 2.95. The summed E-state index contributed by atoms with van der Waals surface area (Å²) in [6.07, 6.45) is 0.276. The Balaban J connectivity index is 1.54. The maximum Gasteiger partial charge on any atom is 0.317 e. The SMILES string of the molecule is CCN1CCN(C(=O)NC2CC(=O)N(c3ccc(F)cc3)C2)CC1. The number of amides is 3. The largest absolute Gasteiger partial charge is 0.333 e. The van der Waals surface area contributed by atoms with Gasteiger partial charge in [0.15, 0.2) is 0 Å². The Morgan fingerprint density at radius 3 is 2.50 bits per heavy atom. The first-order valence-corrected chi connectivity index (χ1v) is 8.40. The highest BCUT2D eigenvalue weighted by Crippen LogP contribution is 2.22. The van der Waals surface area contributed by atoms with Gasteiger partial charge in [0.05, 0.1) is 6.04 Å². The maximum absolute atomic E-state index is 13.0. The van der Waals surface area contributed by atoms with Crippen molar-refractivity contribution in [2.24, 2.45) is 0 Å². The summed E-state index contributed by atoms with van der Waals surface area (Å²) >= 11 is 0. The second kappa shape index (κ2) is 7.17. The van der Waals surface area contributed by atoms with E-state index < -0.39 is 0 Å². The summed E-state index contributed by atoms with van der Waals surface area (Å²) in [5.41, 5.74) is 0.662. The molecule has 0 aliphatic carbocycles. The van der Waals surface area contributed by atoms with Crippen molar-refractivity contribution in [2.75, 3.05) is 44.2 Å². The molecule has 1 atom stereocenters. The summed E-state index contributed by atoms with van der Waals surface area (Å²) in [6.45, 7) is 6.72. The van der Waals surface area contributed by atoms with Gasteiger partial charge < -0.3 is 20.0 Å². The third-order valence-electron chi connectivity index (χ3n) is 4.70. The van der Waals surface area contributed by atoms with Crippen molar-refractivity contribution in [3.8, 4) is 0 Å². The van der Waals surface area contributed by atoms with Crippen molar-refractivity contribution in [2.45, 2.75) is 19.4 Å². The quantitative estimate of drug-likeness (QED) is 0.906. The van der Waals surface area contributed by atoms with Crippen LogP contribution in [0.15, 0.2) is 24.3 Å². The number of carbonyl (C=O) groups excluding carboxylic acids is 2. The Morgan fingerprint density at radius 1 is 1.21 bits per heavy atom. The lowest BCUT2D eigenvalue weighted by Gasteiger charge is -2.34. The van der Waals surface area contributed by atoms with Crippen molar-refractivity contribution in [3.05, 3.63) is 30.1 Å². The predicted molar refractivity (Wildman–Crippen MR) is 89.4 cm³/mol. The molecule has 1 aromatic rings. The molecule has 0 spiro atoms. The predicted octanol–water partition coefficient (Wildman–Crippen LogP) is 1.28. The van der Waals surface area contributed by atoms with E-state index in [1.165, 1.54) is 12.1 Å². The Labute approximate surface area is 141 Å². The zero-order valence-corrected chi connectivity index (χ0v) is 13.9. The van der Waals surface area contributed by atoms with Gasteiger partial charge in [-0.2, -0.15) is 0 Å². The number of benzene rings is 1. The highest BCUT2D eigenvalue weighted by molar-refractivity contribution is 5.96. The molecule has 2 aliphatic heterocycles. The lowest BCUT2D eigenvalue weighted by atomic mass is 10.2. The van der Waals surface area contributed by atoms with Crippen LogP contribution in [0.5, 0.6) is 0 Å². The van der Waals surface area contributed by atoms with Gasteiger partial charge in [0.2, 0.25) is 5.91 Å². The second-order valence-corrected chi connectivity index (χ2v) is 6.25. The van der Waals surface area contributed by atoms with E-state index >= 15 is 0 Å². The number of hydrogen-bond acceptors (Lipinski definition) is 3. The Kier molecular flexibility index (Phi) is 4.99. The van der Waals surface area contributed by atoms with Crippen LogP contribution in [0.2, 0.25) is 0 Å². The first-order chi connectivity index (χ1) is 11.6. The number of halogens is 1. The Morgan fingerprint density at radius 2 is 1.88 bits per heavy atom. The molecular weight excluding hydrogens is 311 g/mol. The molecule has 6 nitrogen and oxygen atoms in total. The molecule has 0 radical (unpaired) electrons. The number of rotatable bonds is 3. The fourth-order valence-corrected chi connectivity index (χ4v) is 3.21. The van der Waals surface area contributed by atoms with E-state index in [-0.39, 0.29) is 30.2 Å². The van der Waals surface area contributed by atoms with E-state index in [0.717, 1.165) is 19.6 Å². The number of carbonyl (C=O) groups is 2. The highest BCUT2D eigenvalue weighted by atomic mass is 19.1. The van der Waals surface area contributed by atoms with Crippen LogP contribution in [0.4, 0.5) is 14.9 Å². The number of piperazine rings is 1. The average molecular weight is 334 g/mol. The smallest absolute Gasteiger partial charge is 0.317 e. The number of urea groups is 1. The molecule has 1 aromatic carbocycles. The van der Waals surface area contributed by atoms with Gasteiger partial charge in [0, 0.05) is 44.8 Å². The first-order valence-electron chi connectivity index (χ1n) is 8.40. The van der Waals surface area contributed by atoms with Gasteiger partial charge in [-0.15, -0.1) is 0 Å². The van der Waals surface area contributed by atoms with Crippen LogP contribution in [-0.2, 0) is 4.79 Å². The number of nitrogens with zero attached hydrogens (tertiary/aromatic N) is 3. The van der Waals surface area contributed by atoms with Gasteiger partial charge in [-0.1, -0.05) is 6.92 Å². The fraction of sp³-hybridized carbons (Fsp3) is 0.529. The first kappa shape index (κ1) is 16.7. The summed E-state index contributed by atoms with van der Waals surface area (Å²) in [5.74, 6) is -0.385. The molecule has 0 saturated carbocycles. The number of likely N-dealkylation sites (N-methyl/N-ethyl adjacent to an activating group) is 1. The molecule has 24 heavy (non-hydrogen) atoms. The molecule has 1 N–H and O–H groups in total. The molecule has 2 aliphatic rings. The van der Waals surface area contributed by atoms with Crippen LogP contribution in [-0.4, -0.2) is 67.0 Å². The highest BCUT2D eigenvalue weighted by Gasteiger charge is 2.33. The summed E-state index contributed by atoms with van der Waals surface area (Å²) in [7, 11) is 0. The molecule has 3 rings (SSSR count). The topological polar surface area (TPSA) is 55.9 Å². The normalized spacial score (nSPS) is 22.1.